The third kappa shape index (κ3) is 2.68. The van der Waals surface area contributed by atoms with Crippen LogP contribution >= 0.6 is 0 Å². The number of rotatable bonds is 2. The largest absolute Gasteiger partial charge is 0.508 e. The van der Waals surface area contributed by atoms with Crippen LogP contribution in [0.2, 0.25) is 18.1 Å². The number of nitrogens with one attached hydrogen (secondary N) is 1. The van der Waals surface area contributed by atoms with E-state index in [9.17, 15) is 24.6 Å². The van der Waals surface area contributed by atoms with Gasteiger partial charge in [0.05, 0.1) is 32.9 Å². The SMILES string of the molecule is CC(C)(C)[Si](C)(C)n1c(=O)c2cc3c4cc(O)ccc4nc3c3[nH]cc(C(=O)O)c(c1=O)c23. The summed E-state index contributed by atoms with van der Waals surface area (Å²) in [7, 11) is -2.71. The minimum absolute atomic E-state index is 0.00692. The second kappa shape index (κ2) is 6.41. The van der Waals surface area contributed by atoms with Gasteiger partial charge in [-0.05, 0) is 29.3 Å². The van der Waals surface area contributed by atoms with Crippen LogP contribution in [-0.2, 0) is 0 Å². The van der Waals surface area contributed by atoms with Gasteiger partial charge < -0.3 is 19.4 Å². The summed E-state index contributed by atoms with van der Waals surface area (Å²) in [5, 5.41) is 21.4. The molecule has 0 aliphatic rings. The van der Waals surface area contributed by atoms with Crippen LogP contribution in [0.4, 0.5) is 0 Å². The molecular formula is C24H23N3O5Si. The fourth-order valence-corrected chi connectivity index (χ4v) is 6.35. The van der Waals surface area contributed by atoms with Gasteiger partial charge in [0.2, 0.25) is 0 Å². The fraction of sp³-hybridized carbons (Fsp3) is 0.250. The summed E-state index contributed by atoms with van der Waals surface area (Å²) in [5.74, 6) is -1.18. The first-order valence-electron chi connectivity index (χ1n) is 10.6. The Labute approximate surface area is 188 Å². The molecule has 0 bridgehead atoms. The third-order valence-corrected chi connectivity index (χ3v) is 12.4. The first kappa shape index (κ1) is 21.1. The number of nitrogens with zero attached hydrogens (tertiary/aromatic N) is 2. The number of benzene rings is 2. The lowest BCUT2D eigenvalue weighted by atomic mass is 10.0. The van der Waals surface area contributed by atoms with Crippen molar-refractivity contribution in [1.82, 2.24) is 14.2 Å². The van der Waals surface area contributed by atoms with Crippen LogP contribution in [0.3, 0.4) is 0 Å². The molecule has 33 heavy (non-hydrogen) atoms. The highest BCUT2D eigenvalue weighted by molar-refractivity contribution is 6.78. The van der Waals surface area contributed by atoms with Crippen LogP contribution in [0.15, 0.2) is 40.1 Å². The predicted molar refractivity (Wildman–Crippen MR) is 132 cm³/mol. The van der Waals surface area contributed by atoms with Gasteiger partial charge in [0.1, 0.15) is 5.75 Å². The number of hydrogen-bond acceptors (Lipinski definition) is 5. The minimum atomic E-state index is -2.71. The molecule has 168 valence electrons. The number of phenols is 1. The monoisotopic (exact) mass is 461 g/mol. The third-order valence-electron chi connectivity index (χ3n) is 7.16. The van der Waals surface area contributed by atoms with Gasteiger partial charge in [0.15, 0.2) is 8.24 Å². The molecule has 0 saturated carbocycles. The van der Waals surface area contributed by atoms with Gasteiger partial charge in [-0.25, -0.2) is 9.78 Å². The average molecular weight is 462 g/mol. The van der Waals surface area contributed by atoms with Crippen molar-refractivity contribution in [2.75, 3.05) is 0 Å². The van der Waals surface area contributed by atoms with Gasteiger partial charge in [0.25, 0.3) is 11.1 Å². The lowest BCUT2D eigenvalue weighted by Gasteiger charge is -2.37. The van der Waals surface area contributed by atoms with Crippen LogP contribution in [0.25, 0.3) is 43.5 Å². The standard InChI is InChI=1S/C24H23N3O5Si/c1-24(2,3)33(4,5)27-21(29)14-9-13-12-8-11(28)6-7-16(12)26-19(13)20-17(14)18(22(27)30)15(10-25-20)23(31)32/h6-10,25,28H,1-5H3,(H,31,32). The van der Waals surface area contributed by atoms with Crippen LogP contribution in [0.5, 0.6) is 5.75 Å². The van der Waals surface area contributed by atoms with Gasteiger partial charge in [0, 0.05) is 22.4 Å². The molecule has 9 heteroatoms. The molecule has 0 amide bonds. The molecule has 0 saturated heterocycles. The molecule has 0 aliphatic heterocycles. The Balaban J connectivity index is 2.13. The van der Waals surface area contributed by atoms with Crippen LogP contribution in [-0.4, -0.2) is 38.6 Å². The Bertz CT molecular complexity index is 1760. The molecule has 3 N–H and O–H groups in total. The summed E-state index contributed by atoms with van der Waals surface area (Å²) in [4.78, 5) is 47.3. The lowest BCUT2D eigenvalue weighted by Crippen LogP contribution is -2.56. The second-order valence-corrected chi connectivity index (χ2v) is 15.1. The summed E-state index contributed by atoms with van der Waals surface area (Å²) in [6, 6.07) is 6.46. The Hall–Kier alpha value is -3.72. The summed E-state index contributed by atoms with van der Waals surface area (Å²) < 4.78 is 1.32. The first-order chi connectivity index (χ1) is 15.3. The fourth-order valence-electron chi connectivity index (χ4n) is 4.43. The maximum absolute atomic E-state index is 13.9. The van der Waals surface area contributed by atoms with Gasteiger partial charge in [-0.3, -0.25) is 9.59 Å². The average Bonchev–Trinajstić information content (AvgIpc) is 3.08. The lowest BCUT2D eigenvalue weighted by molar-refractivity contribution is 0.0698. The molecule has 0 unspecified atom stereocenters. The molecule has 0 aliphatic carbocycles. The number of phenolic OH excluding ortho intramolecular Hbond substituents is 1. The molecule has 3 aromatic heterocycles. The van der Waals surface area contributed by atoms with E-state index in [1.54, 1.807) is 18.2 Å². The molecule has 0 atom stereocenters. The number of aromatic hydroxyl groups is 1. The van der Waals surface area contributed by atoms with E-state index in [0.29, 0.717) is 27.3 Å². The van der Waals surface area contributed by atoms with E-state index in [1.807, 2.05) is 33.9 Å². The van der Waals surface area contributed by atoms with Gasteiger partial charge in [-0.2, -0.15) is 0 Å². The Kier molecular flexibility index (Phi) is 4.11. The quantitative estimate of drug-likeness (QED) is 0.338. The number of hydrogen-bond donors (Lipinski definition) is 3. The minimum Gasteiger partial charge on any atom is -0.508 e. The first-order valence-corrected chi connectivity index (χ1v) is 13.5. The van der Waals surface area contributed by atoms with Gasteiger partial charge in [-0.15, -0.1) is 0 Å². The van der Waals surface area contributed by atoms with Crippen molar-refractivity contribution in [2.45, 2.75) is 38.9 Å². The topological polar surface area (TPSA) is 125 Å². The van der Waals surface area contributed by atoms with Crippen molar-refractivity contribution in [3.8, 4) is 5.75 Å². The highest BCUT2D eigenvalue weighted by Gasteiger charge is 2.41. The van der Waals surface area contributed by atoms with E-state index >= 15 is 0 Å². The molecule has 8 nitrogen and oxygen atoms in total. The van der Waals surface area contributed by atoms with Gasteiger partial charge >= 0.3 is 5.97 Å². The number of aromatic carboxylic acids is 1. The molecule has 2 aromatic carbocycles. The molecule has 3 heterocycles. The number of aromatic amines is 1. The van der Waals surface area contributed by atoms with E-state index in [-0.39, 0.29) is 32.5 Å². The van der Waals surface area contributed by atoms with Crippen molar-refractivity contribution < 1.29 is 15.0 Å². The Morgan fingerprint density at radius 1 is 1.03 bits per heavy atom. The molecular weight excluding hydrogens is 438 g/mol. The zero-order chi connectivity index (χ0) is 24.0. The van der Waals surface area contributed by atoms with Crippen molar-refractivity contribution in [1.29, 1.82) is 0 Å². The van der Waals surface area contributed by atoms with E-state index in [1.165, 1.54) is 16.5 Å². The molecule has 0 spiro atoms. The molecule has 5 aromatic rings. The zero-order valence-corrected chi connectivity index (χ0v) is 19.9. The highest BCUT2D eigenvalue weighted by atomic mass is 28.3. The van der Waals surface area contributed by atoms with Gasteiger partial charge in [-0.1, -0.05) is 33.9 Å². The summed E-state index contributed by atoms with van der Waals surface area (Å²) in [5.41, 5.74) is 0.361. The highest BCUT2D eigenvalue weighted by Crippen LogP contribution is 2.38. The maximum Gasteiger partial charge on any atom is 0.338 e. The van der Waals surface area contributed by atoms with Crippen molar-refractivity contribution in [3.05, 3.63) is 56.7 Å². The second-order valence-electron chi connectivity index (χ2n) is 10.0. The predicted octanol–water partition coefficient (Wildman–Crippen LogP) is 4.24. The Morgan fingerprint density at radius 2 is 1.73 bits per heavy atom. The number of H-pyrrole nitrogens is 1. The van der Waals surface area contributed by atoms with Crippen LogP contribution in [0.1, 0.15) is 31.1 Å². The number of aromatic nitrogens is 3. The molecule has 0 radical (unpaired) electrons. The zero-order valence-electron chi connectivity index (χ0n) is 18.9. The number of carboxylic acids is 1. The van der Waals surface area contributed by atoms with Crippen molar-refractivity contribution in [3.63, 3.8) is 0 Å². The number of carboxylic acid groups (broad SMARTS) is 1. The van der Waals surface area contributed by atoms with Crippen molar-refractivity contribution >= 4 is 57.7 Å². The summed E-state index contributed by atoms with van der Waals surface area (Å²) in [6.45, 7) is 9.85. The number of fused-ring (bicyclic) bond motifs is 4. The van der Waals surface area contributed by atoms with E-state index in [2.05, 4.69) is 9.97 Å². The normalized spacial score (nSPS) is 13.0. The van der Waals surface area contributed by atoms with Crippen LogP contribution < -0.4 is 11.1 Å². The van der Waals surface area contributed by atoms with Crippen molar-refractivity contribution in [2.24, 2.45) is 0 Å². The smallest absolute Gasteiger partial charge is 0.338 e. The van der Waals surface area contributed by atoms with E-state index < -0.39 is 25.3 Å². The summed E-state index contributed by atoms with van der Waals surface area (Å²) >= 11 is 0. The van der Waals surface area contributed by atoms with Crippen LogP contribution in [0, 0.1) is 0 Å². The number of carbonyl (C=O) groups is 1. The van der Waals surface area contributed by atoms with E-state index in [0.717, 1.165) is 0 Å². The molecule has 0 fully saturated rings. The summed E-state index contributed by atoms with van der Waals surface area (Å²) in [6.07, 6.45) is 1.29. The van der Waals surface area contributed by atoms with E-state index in [4.69, 9.17) is 0 Å². The maximum atomic E-state index is 13.9. The number of pyridine rings is 2. The molecule has 5 rings (SSSR count). The Morgan fingerprint density at radius 3 is 2.36 bits per heavy atom.